The van der Waals surface area contributed by atoms with Gasteiger partial charge in [-0.2, -0.15) is 11.8 Å². The number of thiophene rings is 1. The van der Waals surface area contributed by atoms with Crippen LogP contribution in [0.1, 0.15) is 43.1 Å². The molecule has 180 valence electrons. The van der Waals surface area contributed by atoms with Gasteiger partial charge in [0.1, 0.15) is 11.6 Å². The van der Waals surface area contributed by atoms with E-state index >= 15 is 0 Å². The molecule has 0 aliphatic heterocycles. The summed E-state index contributed by atoms with van der Waals surface area (Å²) in [6.45, 7) is 6.19. The first-order chi connectivity index (χ1) is 16.3. The predicted octanol–water partition coefficient (Wildman–Crippen LogP) is 5.52. The fourth-order valence-electron chi connectivity index (χ4n) is 3.30. The normalized spacial score (nSPS) is 12.6. The molecular weight excluding hydrogens is 466 g/mol. The van der Waals surface area contributed by atoms with E-state index in [1.54, 1.807) is 35.6 Å². The number of allylic oxidation sites excluding steroid dienone is 1. The fourth-order valence-corrected chi connectivity index (χ4v) is 4.53. The van der Waals surface area contributed by atoms with Crippen molar-refractivity contribution in [1.82, 2.24) is 14.9 Å². The number of ether oxygens (including phenoxy) is 1. The summed E-state index contributed by atoms with van der Waals surface area (Å²) in [6, 6.07) is 9.00. The van der Waals surface area contributed by atoms with Crippen LogP contribution in [0.4, 0.5) is 0 Å². The Morgan fingerprint density at radius 2 is 2.12 bits per heavy atom. The zero-order chi connectivity index (χ0) is 24.6. The number of carbonyl (C=O) groups is 2. The van der Waals surface area contributed by atoms with Crippen LogP contribution >= 0.6 is 23.1 Å². The standard InChI is InChI=1S/C26H31N3O3S2/c1-26(2,3)32-25(31)22(11-16-33-4)28-24(30)20-10-9-19(7-5-13-29-14-12-27-18-29)17-21(20)23-8-6-15-34-23/h5-10,12,14-15,17-18,22H,11,13,16H2,1-4H3,(H,28,30)/t22-/m0/s1. The maximum Gasteiger partial charge on any atom is 0.329 e. The third-order valence-corrected chi connectivity index (χ3v) is 6.41. The average molecular weight is 498 g/mol. The number of aromatic nitrogens is 2. The van der Waals surface area contributed by atoms with Crippen LogP contribution in [0.5, 0.6) is 0 Å². The Hall–Kier alpha value is -2.84. The molecule has 0 aliphatic rings. The first kappa shape index (κ1) is 25.8. The number of thioether (sulfide) groups is 1. The minimum absolute atomic E-state index is 0.283. The first-order valence-corrected chi connectivity index (χ1v) is 13.4. The van der Waals surface area contributed by atoms with E-state index in [1.807, 2.05) is 79.6 Å². The fraction of sp³-hybridized carbons (Fsp3) is 0.346. The lowest BCUT2D eigenvalue weighted by atomic mass is 10.0. The third-order valence-electron chi connectivity index (χ3n) is 4.87. The molecule has 3 rings (SSSR count). The molecular formula is C26H31N3O3S2. The second-order valence-corrected chi connectivity index (χ2v) is 10.7. The molecule has 0 spiro atoms. The average Bonchev–Trinajstić information content (AvgIpc) is 3.49. The van der Waals surface area contributed by atoms with Crippen molar-refractivity contribution in [2.24, 2.45) is 0 Å². The second-order valence-electron chi connectivity index (χ2n) is 8.79. The van der Waals surface area contributed by atoms with Crippen molar-refractivity contribution < 1.29 is 14.3 Å². The Labute approximate surface area is 209 Å². The minimum atomic E-state index is -0.704. The largest absolute Gasteiger partial charge is 0.458 e. The second kappa shape index (κ2) is 12.0. The molecule has 3 aromatic rings. The molecule has 34 heavy (non-hydrogen) atoms. The number of carbonyl (C=O) groups excluding carboxylic acids is 2. The van der Waals surface area contributed by atoms with E-state index in [0.29, 0.717) is 18.5 Å². The van der Waals surface area contributed by atoms with Gasteiger partial charge in [-0.25, -0.2) is 9.78 Å². The molecule has 6 nitrogen and oxygen atoms in total. The van der Waals surface area contributed by atoms with Gasteiger partial charge in [-0.05, 0) is 68.3 Å². The van der Waals surface area contributed by atoms with Crippen LogP contribution < -0.4 is 5.32 Å². The third kappa shape index (κ3) is 7.60. The summed E-state index contributed by atoms with van der Waals surface area (Å²) in [5, 5.41) is 4.91. The Balaban J connectivity index is 1.83. The summed E-state index contributed by atoms with van der Waals surface area (Å²) in [5.74, 6) is 0.0451. The molecule has 2 heterocycles. The zero-order valence-corrected chi connectivity index (χ0v) is 21.6. The quantitative estimate of drug-likeness (QED) is 0.374. The van der Waals surface area contributed by atoms with Gasteiger partial charge in [-0.1, -0.05) is 24.3 Å². The Bertz CT molecular complexity index is 1100. The number of amides is 1. The molecule has 0 bridgehead atoms. The highest BCUT2D eigenvalue weighted by Gasteiger charge is 2.27. The topological polar surface area (TPSA) is 73.2 Å². The van der Waals surface area contributed by atoms with Gasteiger partial charge in [0.2, 0.25) is 0 Å². The van der Waals surface area contributed by atoms with Crippen molar-refractivity contribution >= 4 is 41.1 Å². The molecule has 8 heteroatoms. The summed E-state index contributed by atoms with van der Waals surface area (Å²) in [4.78, 5) is 31.1. The molecule has 0 unspecified atom stereocenters. The zero-order valence-electron chi connectivity index (χ0n) is 20.0. The molecule has 1 aromatic carbocycles. The lowest BCUT2D eigenvalue weighted by Crippen LogP contribution is -2.44. The molecule has 1 atom stereocenters. The lowest BCUT2D eigenvalue weighted by molar-refractivity contribution is -0.157. The van der Waals surface area contributed by atoms with Crippen LogP contribution in [0.15, 0.2) is 60.5 Å². The maximum atomic E-state index is 13.3. The lowest BCUT2D eigenvalue weighted by Gasteiger charge is -2.24. The molecule has 0 fully saturated rings. The number of hydrogen-bond acceptors (Lipinski definition) is 6. The van der Waals surface area contributed by atoms with Gasteiger partial charge in [0.15, 0.2) is 0 Å². The number of rotatable bonds is 10. The highest BCUT2D eigenvalue weighted by Crippen LogP contribution is 2.30. The van der Waals surface area contributed by atoms with Gasteiger partial charge in [-0.15, -0.1) is 11.3 Å². The van der Waals surface area contributed by atoms with E-state index < -0.39 is 17.6 Å². The van der Waals surface area contributed by atoms with Crippen molar-refractivity contribution in [3.05, 3.63) is 71.6 Å². The van der Waals surface area contributed by atoms with E-state index in [1.165, 1.54) is 0 Å². The van der Waals surface area contributed by atoms with Crippen LogP contribution in [0.3, 0.4) is 0 Å². The van der Waals surface area contributed by atoms with Crippen LogP contribution in [-0.2, 0) is 16.1 Å². The van der Waals surface area contributed by atoms with E-state index in [-0.39, 0.29) is 5.91 Å². The van der Waals surface area contributed by atoms with Crippen molar-refractivity contribution in [3.8, 4) is 10.4 Å². The van der Waals surface area contributed by atoms with Crippen molar-refractivity contribution in [2.75, 3.05) is 12.0 Å². The summed E-state index contributed by atoms with van der Waals surface area (Å²) in [5.41, 5.74) is 1.75. The number of nitrogens with zero attached hydrogens (tertiary/aromatic N) is 2. The van der Waals surface area contributed by atoms with Gasteiger partial charge in [0, 0.05) is 34.9 Å². The molecule has 0 saturated carbocycles. The molecule has 1 amide bonds. The van der Waals surface area contributed by atoms with Crippen LogP contribution in [0, 0.1) is 0 Å². The first-order valence-electron chi connectivity index (χ1n) is 11.1. The number of hydrogen-bond donors (Lipinski definition) is 1. The van der Waals surface area contributed by atoms with Crippen molar-refractivity contribution in [3.63, 3.8) is 0 Å². The van der Waals surface area contributed by atoms with E-state index in [9.17, 15) is 9.59 Å². The van der Waals surface area contributed by atoms with Gasteiger partial charge in [-0.3, -0.25) is 4.79 Å². The van der Waals surface area contributed by atoms with Gasteiger partial charge < -0.3 is 14.6 Å². The van der Waals surface area contributed by atoms with Gasteiger partial charge in [0.25, 0.3) is 5.91 Å². The van der Waals surface area contributed by atoms with Gasteiger partial charge >= 0.3 is 5.97 Å². The SMILES string of the molecule is CSCC[C@H](NC(=O)c1ccc(C=CCn2ccnc2)cc1-c1cccs1)C(=O)OC(C)(C)C. The van der Waals surface area contributed by atoms with E-state index in [4.69, 9.17) is 4.74 Å². The van der Waals surface area contributed by atoms with Gasteiger partial charge in [0.05, 0.1) is 6.33 Å². The monoisotopic (exact) mass is 497 g/mol. The molecule has 0 saturated heterocycles. The predicted molar refractivity (Wildman–Crippen MR) is 141 cm³/mol. The Kier molecular flexibility index (Phi) is 9.12. The van der Waals surface area contributed by atoms with Crippen molar-refractivity contribution in [1.29, 1.82) is 0 Å². The molecule has 2 aromatic heterocycles. The summed E-state index contributed by atoms with van der Waals surface area (Å²) in [6.07, 6.45) is 12.0. The van der Waals surface area contributed by atoms with Crippen LogP contribution in [-0.4, -0.2) is 45.1 Å². The van der Waals surface area contributed by atoms with E-state index in [0.717, 1.165) is 21.8 Å². The Morgan fingerprint density at radius 3 is 2.76 bits per heavy atom. The molecule has 0 aliphatic carbocycles. The number of imidazole rings is 1. The highest BCUT2D eigenvalue weighted by atomic mass is 32.2. The van der Waals surface area contributed by atoms with E-state index in [2.05, 4.69) is 16.4 Å². The van der Waals surface area contributed by atoms with Crippen molar-refractivity contribution in [2.45, 2.75) is 45.4 Å². The summed E-state index contributed by atoms with van der Waals surface area (Å²) in [7, 11) is 0. The minimum Gasteiger partial charge on any atom is -0.458 e. The number of benzene rings is 1. The molecule has 1 N–H and O–H groups in total. The smallest absolute Gasteiger partial charge is 0.329 e. The maximum absolute atomic E-state index is 13.3. The Morgan fingerprint density at radius 1 is 1.29 bits per heavy atom. The van der Waals surface area contributed by atoms with Crippen LogP contribution in [0.25, 0.3) is 16.5 Å². The number of esters is 1. The summed E-state index contributed by atoms with van der Waals surface area (Å²) < 4.78 is 7.53. The van der Waals surface area contributed by atoms with Crippen LogP contribution in [0.2, 0.25) is 0 Å². The highest BCUT2D eigenvalue weighted by molar-refractivity contribution is 7.98. The summed E-state index contributed by atoms with van der Waals surface area (Å²) >= 11 is 3.20. The molecule has 0 radical (unpaired) electrons. The number of nitrogens with one attached hydrogen (secondary N) is 1.